The van der Waals surface area contributed by atoms with Crippen LogP contribution in [0.25, 0.3) is 0 Å². The van der Waals surface area contributed by atoms with Crippen molar-refractivity contribution in [3.63, 3.8) is 0 Å². The van der Waals surface area contributed by atoms with E-state index in [2.05, 4.69) is 33.0 Å². The van der Waals surface area contributed by atoms with E-state index in [0.717, 1.165) is 17.7 Å². The number of likely N-dealkylation sites (N-methyl/N-ethyl adjacent to an activating group) is 1. The molecule has 0 bridgehead atoms. The third kappa shape index (κ3) is 3.65. The van der Waals surface area contributed by atoms with E-state index < -0.39 is 5.54 Å². The van der Waals surface area contributed by atoms with Crippen LogP contribution in [0, 0.1) is 11.8 Å². The van der Waals surface area contributed by atoms with Crippen molar-refractivity contribution in [2.45, 2.75) is 38.1 Å². The molecule has 31 heavy (non-hydrogen) atoms. The van der Waals surface area contributed by atoms with Crippen molar-refractivity contribution in [2.75, 3.05) is 26.7 Å². The van der Waals surface area contributed by atoms with Gasteiger partial charge in [0.05, 0.1) is 11.6 Å². The van der Waals surface area contributed by atoms with Crippen molar-refractivity contribution in [2.24, 2.45) is 11.8 Å². The zero-order valence-electron chi connectivity index (χ0n) is 18.4. The first kappa shape index (κ1) is 21.6. The van der Waals surface area contributed by atoms with E-state index in [0.29, 0.717) is 25.3 Å². The summed E-state index contributed by atoms with van der Waals surface area (Å²) in [5.74, 6) is -0.886. The summed E-state index contributed by atoms with van der Waals surface area (Å²) >= 11 is 0. The number of rotatable bonds is 5. The largest absolute Gasteiger partial charge is 0.384 e. The SMILES string of the molecule is CCNC1=C2NC(=O)[C@@](C)(N3CCC(c4ccccc4)[C@@H](C(=O)NC)C3)C2CC(F)=C1. The highest BCUT2D eigenvalue weighted by Crippen LogP contribution is 2.46. The summed E-state index contributed by atoms with van der Waals surface area (Å²) in [5.41, 5.74) is 1.64. The predicted octanol–water partition coefficient (Wildman–Crippen LogP) is 2.42. The molecule has 0 radical (unpaired) electrons. The molecule has 3 aliphatic rings. The minimum absolute atomic E-state index is 0.0283. The molecule has 4 atom stereocenters. The molecule has 2 fully saturated rings. The number of halogens is 1. The summed E-state index contributed by atoms with van der Waals surface area (Å²) < 4.78 is 14.5. The number of carbonyl (C=O) groups excluding carboxylic acids is 2. The van der Waals surface area contributed by atoms with Gasteiger partial charge in [-0.1, -0.05) is 30.3 Å². The van der Waals surface area contributed by atoms with E-state index in [1.807, 2.05) is 32.0 Å². The fourth-order valence-electron chi connectivity index (χ4n) is 5.44. The molecule has 2 unspecified atom stereocenters. The first-order chi connectivity index (χ1) is 14.9. The molecule has 7 heteroatoms. The first-order valence-electron chi connectivity index (χ1n) is 11.1. The Morgan fingerprint density at radius 2 is 2.06 bits per heavy atom. The number of amides is 2. The maximum atomic E-state index is 14.5. The number of fused-ring (bicyclic) bond motifs is 1. The van der Waals surface area contributed by atoms with Gasteiger partial charge >= 0.3 is 0 Å². The van der Waals surface area contributed by atoms with Crippen molar-refractivity contribution in [1.82, 2.24) is 20.9 Å². The molecule has 2 heterocycles. The third-order valence-electron chi connectivity index (χ3n) is 7.17. The maximum absolute atomic E-state index is 14.5. The molecular formula is C24H31FN4O2. The molecule has 2 saturated heterocycles. The van der Waals surface area contributed by atoms with Crippen LogP contribution in [0.2, 0.25) is 0 Å². The molecule has 2 aliphatic heterocycles. The normalized spacial score (nSPS) is 31.0. The van der Waals surface area contributed by atoms with Crippen LogP contribution in [0.5, 0.6) is 0 Å². The lowest BCUT2D eigenvalue weighted by molar-refractivity contribution is -0.136. The number of benzene rings is 1. The molecule has 6 nitrogen and oxygen atoms in total. The Balaban J connectivity index is 1.66. The number of hydrogen-bond acceptors (Lipinski definition) is 4. The van der Waals surface area contributed by atoms with Crippen LogP contribution >= 0.6 is 0 Å². The number of carbonyl (C=O) groups is 2. The van der Waals surface area contributed by atoms with E-state index in [4.69, 9.17) is 0 Å². The number of likely N-dealkylation sites (tertiary alicyclic amines) is 1. The molecule has 1 aromatic carbocycles. The van der Waals surface area contributed by atoms with Crippen LogP contribution in [0.4, 0.5) is 4.39 Å². The minimum Gasteiger partial charge on any atom is -0.384 e. The van der Waals surface area contributed by atoms with E-state index in [1.165, 1.54) is 6.08 Å². The monoisotopic (exact) mass is 426 g/mol. The fourth-order valence-corrected chi connectivity index (χ4v) is 5.44. The topological polar surface area (TPSA) is 73.5 Å². The zero-order valence-corrected chi connectivity index (χ0v) is 18.4. The van der Waals surface area contributed by atoms with Gasteiger partial charge < -0.3 is 16.0 Å². The number of nitrogens with one attached hydrogen (secondary N) is 3. The molecule has 166 valence electrons. The molecule has 1 aliphatic carbocycles. The Morgan fingerprint density at radius 3 is 2.74 bits per heavy atom. The van der Waals surface area contributed by atoms with Gasteiger partial charge in [0.25, 0.3) is 0 Å². The van der Waals surface area contributed by atoms with Gasteiger partial charge in [0.15, 0.2) is 0 Å². The molecule has 0 spiro atoms. The van der Waals surface area contributed by atoms with Crippen molar-refractivity contribution >= 4 is 11.8 Å². The van der Waals surface area contributed by atoms with Gasteiger partial charge in [0.2, 0.25) is 11.8 Å². The lowest BCUT2D eigenvalue weighted by Gasteiger charge is -2.47. The Bertz CT molecular complexity index is 929. The van der Waals surface area contributed by atoms with Crippen LogP contribution in [0.3, 0.4) is 0 Å². The van der Waals surface area contributed by atoms with Gasteiger partial charge in [-0.25, -0.2) is 4.39 Å². The number of hydrogen-bond donors (Lipinski definition) is 3. The van der Waals surface area contributed by atoms with Crippen LogP contribution in [0.1, 0.15) is 38.2 Å². The summed E-state index contributed by atoms with van der Waals surface area (Å²) in [6.45, 7) is 5.60. The number of nitrogens with zero attached hydrogens (tertiary/aromatic N) is 1. The van der Waals surface area contributed by atoms with Crippen molar-refractivity contribution < 1.29 is 14.0 Å². The lowest BCUT2D eigenvalue weighted by atomic mass is 9.74. The third-order valence-corrected chi connectivity index (χ3v) is 7.17. The zero-order chi connectivity index (χ0) is 22.2. The summed E-state index contributed by atoms with van der Waals surface area (Å²) in [4.78, 5) is 28.2. The average molecular weight is 427 g/mol. The molecular weight excluding hydrogens is 395 g/mol. The number of piperidine rings is 1. The molecule has 2 amide bonds. The highest BCUT2D eigenvalue weighted by Gasteiger charge is 2.56. The molecule has 0 saturated carbocycles. The highest BCUT2D eigenvalue weighted by atomic mass is 19.1. The van der Waals surface area contributed by atoms with Crippen LogP contribution < -0.4 is 16.0 Å². The Morgan fingerprint density at radius 1 is 1.32 bits per heavy atom. The summed E-state index contributed by atoms with van der Waals surface area (Å²) in [7, 11) is 1.65. The van der Waals surface area contributed by atoms with E-state index in [9.17, 15) is 14.0 Å². The Kier molecular flexibility index (Phi) is 5.88. The minimum atomic E-state index is -0.907. The Labute approximate surface area is 183 Å². The first-order valence-corrected chi connectivity index (χ1v) is 11.1. The van der Waals surface area contributed by atoms with Gasteiger partial charge in [-0.05, 0) is 44.4 Å². The second-order valence-corrected chi connectivity index (χ2v) is 8.78. The highest BCUT2D eigenvalue weighted by molar-refractivity contribution is 5.92. The molecule has 4 rings (SSSR count). The smallest absolute Gasteiger partial charge is 0.245 e. The second-order valence-electron chi connectivity index (χ2n) is 8.78. The van der Waals surface area contributed by atoms with E-state index in [1.54, 1.807) is 7.05 Å². The predicted molar refractivity (Wildman–Crippen MR) is 117 cm³/mol. The molecule has 0 aromatic heterocycles. The van der Waals surface area contributed by atoms with Crippen molar-refractivity contribution in [3.05, 3.63) is 59.2 Å². The summed E-state index contributed by atoms with van der Waals surface area (Å²) in [6, 6.07) is 10.1. The van der Waals surface area contributed by atoms with Gasteiger partial charge in [-0.3, -0.25) is 14.5 Å². The number of allylic oxidation sites excluding steroid dienone is 2. The molecule has 1 aromatic rings. The maximum Gasteiger partial charge on any atom is 0.245 e. The Hall–Kier alpha value is -2.67. The van der Waals surface area contributed by atoms with Gasteiger partial charge in [0, 0.05) is 38.2 Å². The second kappa shape index (κ2) is 8.46. The van der Waals surface area contributed by atoms with Gasteiger partial charge in [0.1, 0.15) is 11.4 Å². The lowest BCUT2D eigenvalue weighted by Crippen LogP contribution is -2.60. The summed E-state index contributed by atoms with van der Waals surface area (Å²) in [6.07, 6.45) is 2.42. The van der Waals surface area contributed by atoms with Gasteiger partial charge in [-0.2, -0.15) is 0 Å². The summed E-state index contributed by atoms with van der Waals surface area (Å²) in [5, 5.41) is 9.00. The van der Waals surface area contributed by atoms with E-state index >= 15 is 0 Å². The fraction of sp³-hybridized carbons (Fsp3) is 0.500. The van der Waals surface area contributed by atoms with Crippen LogP contribution in [-0.2, 0) is 9.59 Å². The van der Waals surface area contributed by atoms with Crippen molar-refractivity contribution in [1.29, 1.82) is 0 Å². The quantitative estimate of drug-likeness (QED) is 0.676. The van der Waals surface area contributed by atoms with Crippen LogP contribution in [-0.4, -0.2) is 48.9 Å². The standard InChI is InChI=1S/C24H31FN4O2/c1-4-27-20-13-16(25)12-19-21(20)28-23(31)24(19,2)29-11-10-17(15-8-6-5-7-9-15)18(14-29)22(30)26-3/h5-9,13,17-19,27H,4,10-12,14H2,1-3H3,(H,26,30)(H,28,31)/t17?,18-,19?,24-/m0/s1. The molecule has 3 N–H and O–H groups in total. The van der Waals surface area contributed by atoms with Gasteiger partial charge in [-0.15, -0.1) is 0 Å². The van der Waals surface area contributed by atoms with Crippen molar-refractivity contribution in [3.8, 4) is 0 Å². The average Bonchev–Trinajstić information content (AvgIpc) is 3.05. The van der Waals surface area contributed by atoms with E-state index in [-0.39, 0.29) is 41.8 Å². The van der Waals surface area contributed by atoms with Crippen LogP contribution in [0.15, 0.2) is 53.6 Å².